The largest absolute Gasteiger partial charge is 0.363 e. The predicted molar refractivity (Wildman–Crippen MR) is 49.7 cm³/mol. The van der Waals surface area contributed by atoms with Gasteiger partial charge in [-0.3, -0.25) is 4.79 Å². The van der Waals surface area contributed by atoms with Crippen LogP contribution in [0.5, 0.6) is 0 Å². The number of hydrogen-bond donors (Lipinski definition) is 0. The molecule has 0 aliphatic rings. The second-order valence-electron chi connectivity index (χ2n) is 2.34. The highest BCUT2D eigenvalue weighted by Gasteiger charge is 2.35. The number of rotatable bonds is 2. The number of hydrogen-bond acceptors (Lipinski definition) is 1. The van der Waals surface area contributed by atoms with Crippen molar-refractivity contribution in [2.75, 3.05) is 0 Å². The van der Waals surface area contributed by atoms with E-state index in [0.717, 1.165) is 0 Å². The molecule has 0 amide bonds. The zero-order chi connectivity index (χ0) is 10.1. The standard InChI is InChI=1S/C8H4BrClF2O/c9-8(11,12)7(13)5-2-1-3-6(10)4-5/h1-4H. The first-order valence-corrected chi connectivity index (χ1v) is 4.45. The molecule has 0 aliphatic carbocycles. The molecular weight excluding hydrogens is 265 g/mol. The number of alkyl halides is 3. The third-order valence-corrected chi connectivity index (χ3v) is 1.94. The first kappa shape index (κ1) is 10.6. The Balaban J connectivity index is 3.03. The molecule has 70 valence electrons. The smallest absolute Gasteiger partial charge is 0.286 e. The molecule has 1 aromatic rings. The Kier molecular flexibility index (Phi) is 3.03. The summed E-state index contributed by atoms with van der Waals surface area (Å²) in [4.78, 5) is 7.43. The molecule has 0 aliphatic heterocycles. The summed E-state index contributed by atoms with van der Waals surface area (Å²) in [6, 6.07) is 5.42. The van der Waals surface area contributed by atoms with Crippen LogP contribution in [0, 0.1) is 0 Å². The minimum Gasteiger partial charge on any atom is -0.286 e. The van der Waals surface area contributed by atoms with Gasteiger partial charge in [-0.1, -0.05) is 23.7 Å². The van der Waals surface area contributed by atoms with Crippen molar-refractivity contribution in [2.24, 2.45) is 0 Å². The van der Waals surface area contributed by atoms with Gasteiger partial charge in [0.1, 0.15) is 0 Å². The van der Waals surface area contributed by atoms with E-state index in [1.54, 1.807) is 0 Å². The van der Waals surface area contributed by atoms with Crippen LogP contribution in [-0.2, 0) is 0 Å². The van der Waals surface area contributed by atoms with Crippen molar-refractivity contribution < 1.29 is 13.6 Å². The number of ketones is 1. The normalized spacial score (nSPS) is 11.4. The lowest BCUT2D eigenvalue weighted by atomic mass is 10.1. The molecule has 0 atom stereocenters. The summed E-state index contributed by atoms with van der Waals surface area (Å²) in [6.45, 7) is 0. The summed E-state index contributed by atoms with van der Waals surface area (Å²) in [6.07, 6.45) is 0. The quantitative estimate of drug-likeness (QED) is 0.593. The lowest BCUT2D eigenvalue weighted by Gasteiger charge is -2.06. The molecule has 0 fully saturated rings. The third kappa shape index (κ3) is 2.74. The first-order chi connectivity index (χ1) is 5.91. The van der Waals surface area contributed by atoms with Gasteiger partial charge < -0.3 is 0 Å². The summed E-state index contributed by atoms with van der Waals surface area (Å²) in [5.74, 6) is -1.30. The predicted octanol–water partition coefficient (Wildman–Crippen LogP) is 3.51. The van der Waals surface area contributed by atoms with Gasteiger partial charge >= 0.3 is 4.83 Å². The van der Waals surface area contributed by atoms with Crippen LogP contribution >= 0.6 is 27.5 Å². The Hall–Kier alpha value is -0.480. The van der Waals surface area contributed by atoms with E-state index in [0.29, 0.717) is 0 Å². The van der Waals surface area contributed by atoms with Crippen molar-refractivity contribution in [3.8, 4) is 0 Å². The molecule has 13 heavy (non-hydrogen) atoms. The molecule has 0 spiro atoms. The topological polar surface area (TPSA) is 17.1 Å². The lowest BCUT2D eigenvalue weighted by Crippen LogP contribution is -2.20. The van der Waals surface area contributed by atoms with Crippen molar-refractivity contribution in [1.29, 1.82) is 0 Å². The molecule has 1 nitrogen and oxygen atoms in total. The fourth-order valence-corrected chi connectivity index (χ4v) is 1.21. The number of halogens is 4. The van der Waals surface area contributed by atoms with Gasteiger partial charge in [0, 0.05) is 10.6 Å². The van der Waals surface area contributed by atoms with Crippen LogP contribution < -0.4 is 0 Å². The highest BCUT2D eigenvalue weighted by Crippen LogP contribution is 2.27. The van der Waals surface area contributed by atoms with Crippen LogP contribution in [0.4, 0.5) is 8.78 Å². The molecule has 5 heteroatoms. The van der Waals surface area contributed by atoms with Crippen LogP contribution in [0.3, 0.4) is 0 Å². The summed E-state index contributed by atoms with van der Waals surface area (Å²) in [7, 11) is 0. The zero-order valence-corrected chi connectivity index (χ0v) is 8.57. The molecule has 1 aromatic carbocycles. The maximum Gasteiger partial charge on any atom is 0.363 e. The second kappa shape index (κ2) is 3.72. The van der Waals surface area contributed by atoms with E-state index < -0.39 is 10.6 Å². The molecule has 0 saturated carbocycles. The molecule has 0 bridgehead atoms. The van der Waals surface area contributed by atoms with Crippen molar-refractivity contribution in [3.05, 3.63) is 34.9 Å². The summed E-state index contributed by atoms with van der Waals surface area (Å²) < 4.78 is 24.9. The highest BCUT2D eigenvalue weighted by atomic mass is 79.9. The van der Waals surface area contributed by atoms with Crippen LogP contribution in [0.2, 0.25) is 5.02 Å². The van der Waals surface area contributed by atoms with Gasteiger partial charge in [0.15, 0.2) is 0 Å². The molecule has 0 N–H and O–H groups in total. The SMILES string of the molecule is O=C(c1cccc(Cl)c1)C(F)(F)Br. The Bertz CT molecular complexity index is 335. The number of carbonyl (C=O) groups excluding carboxylic acids is 1. The Morgan fingerprint density at radius 1 is 1.46 bits per heavy atom. The Morgan fingerprint density at radius 3 is 2.54 bits per heavy atom. The summed E-state index contributed by atoms with van der Waals surface area (Å²) >= 11 is 7.51. The summed E-state index contributed by atoms with van der Waals surface area (Å²) in [5.41, 5.74) is -0.116. The van der Waals surface area contributed by atoms with Gasteiger partial charge in [-0.05, 0) is 28.1 Å². The zero-order valence-electron chi connectivity index (χ0n) is 6.23. The second-order valence-corrected chi connectivity index (χ2v) is 3.77. The van der Waals surface area contributed by atoms with Gasteiger partial charge in [0.05, 0.1) is 0 Å². The Labute approximate surface area is 86.8 Å². The molecule has 0 unspecified atom stereocenters. The van der Waals surface area contributed by atoms with E-state index in [2.05, 4.69) is 0 Å². The molecule has 1 rings (SSSR count). The maximum atomic E-state index is 12.5. The molecule has 0 saturated heterocycles. The van der Waals surface area contributed by atoms with Gasteiger partial charge in [0.2, 0.25) is 5.78 Å². The molecule has 0 radical (unpaired) electrons. The molecule has 0 heterocycles. The van der Waals surface area contributed by atoms with Crippen LogP contribution in [-0.4, -0.2) is 10.6 Å². The van der Waals surface area contributed by atoms with Gasteiger partial charge in [-0.15, -0.1) is 0 Å². The fourth-order valence-electron chi connectivity index (χ4n) is 0.793. The van der Waals surface area contributed by atoms with E-state index in [9.17, 15) is 13.6 Å². The van der Waals surface area contributed by atoms with E-state index in [1.165, 1.54) is 24.3 Å². The highest BCUT2D eigenvalue weighted by molar-refractivity contribution is 9.10. The number of benzene rings is 1. The maximum absolute atomic E-state index is 12.5. The van der Waals surface area contributed by atoms with Crippen molar-refractivity contribution in [2.45, 2.75) is 4.83 Å². The number of carbonyl (C=O) groups is 1. The van der Waals surface area contributed by atoms with E-state index >= 15 is 0 Å². The van der Waals surface area contributed by atoms with E-state index in [4.69, 9.17) is 11.6 Å². The van der Waals surface area contributed by atoms with E-state index in [1.807, 2.05) is 15.9 Å². The first-order valence-electron chi connectivity index (χ1n) is 3.28. The minimum absolute atomic E-state index is 0.116. The van der Waals surface area contributed by atoms with E-state index in [-0.39, 0.29) is 10.6 Å². The van der Waals surface area contributed by atoms with Gasteiger partial charge in [0.25, 0.3) is 0 Å². The van der Waals surface area contributed by atoms with Crippen LogP contribution in [0.1, 0.15) is 10.4 Å². The van der Waals surface area contributed by atoms with Gasteiger partial charge in [-0.2, -0.15) is 8.78 Å². The van der Waals surface area contributed by atoms with Crippen LogP contribution in [0.15, 0.2) is 24.3 Å². The lowest BCUT2D eigenvalue weighted by molar-refractivity contribution is 0.0592. The van der Waals surface area contributed by atoms with Crippen molar-refractivity contribution in [3.63, 3.8) is 0 Å². The number of Topliss-reactive ketones (excluding diaryl/α,β-unsaturated/α-hetero) is 1. The van der Waals surface area contributed by atoms with Crippen molar-refractivity contribution in [1.82, 2.24) is 0 Å². The van der Waals surface area contributed by atoms with Gasteiger partial charge in [-0.25, -0.2) is 0 Å². The monoisotopic (exact) mass is 268 g/mol. The Morgan fingerprint density at radius 2 is 2.08 bits per heavy atom. The fraction of sp³-hybridized carbons (Fsp3) is 0.125. The molecular formula is C8H4BrClF2O. The summed E-state index contributed by atoms with van der Waals surface area (Å²) in [5, 5.41) is 0.252. The minimum atomic E-state index is -3.53. The average Bonchev–Trinajstić information content (AvgIpc) is 2.01. The van der Waals surface area contributed by atoms with Crippen molar-refractivity contribution >= 4 is 33.3 Å². The average molecular weight is 269 g/mol. The van der Waals surface area contributed by atoms with Crippen LogP contribution in [0.25, 0.3) is 0 Å². The third-order valence-electron chi connectivity index (χ3n) is 1.34. The molecule has 0 aromatic heterocycles.